The van der Waals surface area contributed by atoms with Crippen molar-refractivity contribution in [1.82, 2.24) is 10.3 Å². The highest BCUT2D eigenvalue weighted by Gasteiger charge is 2.08. The highest BCUT2D eigenvalue weighted by Crippen LogP contribution is 2.30. The Kier molecular flexibility index (Phi) is 5.65. The van der Waals surface area contributed by atoms with Crippen molar-refractivity contribution in [3.05, 3.63) is 24.0 Å². The SMILES string of the molecule is CN[C@@H](C)C/C=C/c1cncc(OC(C)C)c1O. The molecule has 1 aromatic heterocycles. The molecule has 0 amide bonds. The van der Waals surface area contributed by atoms with Gasteiger partial charge in [0.25, 0.3) is 0 Å². The summed E-state index contributed by atoms with van der Waals surface area (Å²) in [5.74, 6) is 0.570. The summed E-state index contributed by atoms with van der Waals surface area (Å²) in [7, 11) is 1.93. The fourth-order valence-electron chi connectivity index (χ4n) is 1.43. The molecule has 0 aliphatic carbocycles. The van der Waals surface area contributed by atoms with Crippen LogP contribution in [0.2, 0.25) is 0 Å². The van der Waals surface area contributed by atoms with E-state index in [0.29, 0.717) is 17.4 Å². The van der Waals surface area contributed by atoms with Crippen molar-refractivity contribution in [1.29, 1.82) is 0 Å². The van der Waals surface area contributed by atoms with Crippen molar-refractivity contribution in [2.75, 3.05) is 7.05 Å². The molecule has 2 N–H and O–H groups in total. The monoisotopic (exact) mass is 250 g/mol. The molecule has 18 heavy (non-hydrogen) atoms. The number of aromatic nitrogens is 1. The quantitative estimate of drug-likeness (QED) is 0.814. The Balaban J connectivity index is 2.77. The Morgan fingerprint density at radius 2 is 2.11 bits per heavy atom. The van der Waals surface area contributed by atoms with Gasteiger partial charge in [0, 0.05) is 17.8 Å². The van der Waals surface area contributed by atoms with Crippen LogP contribution in [0.15, 0.2) is 18.5 Å². The van der Waals surface area contributed by atoms with Crippen LogP contribution in [-0.4, -0.2) is 29.3 Å². The highest BCUT2D eigenvalue weighted by atomic mass is 16.5. The molecule has 0 fully saturated rings. The second-order valence-electron chi connectivity index (χ2n) is 4.57. The van der Waals surface area contributed by atoms with Crippen LogP contribution in [0.1, 0.15) is 32.8 Å². The van der Waals surface area contributed by atoms with E-state index in [2.05, 4.69) is 17.2 Å². The molecule has 4 nitrogen and oxygen atoms in total. The van der Waals surface area contributed by atoms with Crippen molar-refractivity contribution in [2.24, 2.45) is 0 Å². The molecule has 1 aromatic rings. The average molecular weight is 250 g/mol. The summed E-state index contributed by atoms with van der Waals surface area (Å²) in [6.07, 6.45) is 7.94. The first kappa shape index (κ1) is 14.5. The number of hydrogen-bond acceptors (Lipinski definition) is 4. The van der Waals surface area contributed by atoms with Gasteiger partial charge in [-0.1, -0.05) is 12.2 Å². The molecule has 1 heterocycles. The maximum atomic E-state index is 10.0. The van der Waals surface area contributed by atoms with Gasteiger partial charge < -0.3 is 15.2 Å². The lowest BCUT2D eigenvalue weighted by molar-refractivity contribution is 0.230. The summed E-state index contributed by atoms with van der Waals surface area (Å²) in [6.45, 7) is 5.92. The predicted octanol–water partition coefficient (Wildman–Crippen LogP) is 2.59. The second kappa shape index (κ2) is 7.01. The van der Waals surface area contributed by atoms with Gasteiger partial charge in [-0.15, -0.1) is 0 Å². The molecule has 0 aliphatic heterocycles. The fraction of sp³-hybridized carbons (Fsp3) is 0.500. The van der Waals surface area contributed by atoms with E-state index in [-0.39, 0.29) is 11.9 Å². The smallest absolute Gasteiger partial charge is 0.180 e. The standard InChI is InChI=1S/C14H22N2O2/c1-10(2)18-13-9-16-8-12(14(13)17)7-5-6-11(3)15-4/h5,7-11,15H,6H2,1-4H3,(H,16,17)/b7-5+/t11-/m0/s1. The van der Waals surface area contributed by atoms with Crippen LogP contribution in [-0.2, 0) is 0 Å². The first-order valence-electron chi connectivity index (χ1n) is 6.22. The van der Waals surface area contributed by atoms with Crippen LogP contribution in [0.3, 0.4) is 0 Å². The molecule has 0 saturated carbocycles. The van der Waals surface area contributed by atoms with Crippen LogP contribution in [0.5, 0.6) is 11.5 Å². The first-order valence-corrected chi connectivity index (χ1v) is 6.22. The molecule has 1 atom stereocenters. The number of nitrogens with one attached hydrogen (secondary N) is 1. The zero-order valence-corrected chi connectivity index (χ0v) is 11.5. The number of ether oxygens (including phenoxy) is 1. The van der Waals surface area contributed by atoms with Gasteiger partial charge in [0.2, 0.25) is 0 Å². The van der Waals surface area contributed by atoms with Gasteiger partial charge in [0.15, 0.2) is 11.5 Å². The van der Waals surface area contributed by atoms with E-state index in [1.54, 1.807) is 6.20 Å². The molecule has 0 radical (unpaired) electrons. The molecule has 0 saturated heterocycles. The molecule has 0 spiro atoms. The topological polar surface area (TPSA) is 54.4 Å². The van der Waals surface area contributed by atoms with Crippen LogP contribution in [0, 0.1) is 0 Å². The molecular formula is C14H22N2O2. The minimum Gasteiger partial charge on any atom is -0.504 e. The third kappa shape index (κ3) is 4.37. The number of aromatic hydroxyl groups is 1. The molecule has 0 aromatic carbocycles. The predicted molar refractivity (Wildman–Crippen MR) is 73.8 cm³/mol. The molecule has 0 bridgehead atoms. The minimum atomic E-state index is 0.0150. The van der Waals surface area contributed by atoms with Gasteiger partial charge in [-0.2, -0.15) is 0 Å². The zero-order chi connectivity index (χ0) is 13.5. The maximum absolute atomic E-state index is 10.0. The van der Waals surface area contributed by atoms with Crippen molar-refractivity contribution < 1.29 is 9.84 Å². The Morgan fingerprint density at radius 3 is 2.72 bits per heavy atom. The Morgan fingerprint density at radius 1 is 1.39 bits per heavy atom. The van der Waals surface area contributed by atoms with E-state index >= 15 is 0 Å². The van der Waals surface area contributed by atoms with E-state index in [1.807, 2.05) is 33.0 Å². The fourth-order valence-corrected chi connectivity index (χ4v) is 1.43. The third-order valence-electron chi connectivity index (χ3n) is 2.55. The van der Waals surface area contributed by atoms with Crippen LogP contribution in [0.25, 0.3) is 6.08 Å². The summed E-state index contributed by atoms with van der Waals surface area (Å²) in [6, 6.07) is 0.409. The molecule has 100 valence electrons. The normalized spacial score (nSPS) is 13.2. The molecule has 0 aliphatic rings. The number of hydrogen-bond donors (Lipinski definition) is 2. The van der Waals surface area contributed by atoms with Gasteiger partial charge >= 0.3 is 0 Å². The lowest BCUT2D eigenvalue weighted by Crippen LogP contribution is -2.19. The Labute approximate surface area is 109 Å². The highest BCUT2D eigenvalue weighted by molar-refractivity contribution is 5.60. The van der Waals surface area contributed by atoms with Gasteiger partial charge in [0.1, 0.15) is 0 Å². The van der Waals surface area contributed by atoms with Crippen molar-refractivity contribution in [2.45, 2.75) is 39.3 Å². The third-order valence-corrected chi connectivity index (χ3v) is 2.55. The largest absolute Gasteiger partial charge is 0.504 e. The van der Waals surface area contributed by atoms with Gasteiger partial charge in [-0.05, 0) is 34.2 Å². The van der Waals surface area contributed by atoms with Crippen molar-refractivity contribution >= 4 is 6.08 Å². The van der Waals surface area contributed by atoms with Gasteiger partial charge in [-0.25, -0.2) is 0 Å². The van der Waals surface area contributed by atoms with E-state index in [4.69, 9.17) is 4.74 Å². The summed E-state index contributed by atoms with van der Waals surface area (Å²) in [5.41, 5.74) is 0.677. The van der Waals surface area contributed by atoms with E-state index in [0.717, 1.165) is 6.42 Å². The van der Waals surface area contributed by atoms with Crippen LogP contribution in [0.4, 0.5) is 0 Å². The number of nitrogens with zero attached hydrogens (tertiary/aromatic N) is 1. The molecular weight excluding hydrogens is 228 g/mol. The van der Waals surface area contributed by atoms with E-state index in [1.165, 1.54) is 6.20 Å². The summed E-state index contributed by atoms with van der Waals surface area (Å²) in [4.78, 5) is 4.06. The molecule has 0 unspecified atom stereocenters. The summed E-state index contributed by atoms with van der Waals surface area (Å²) >= 11 is 0. The summed E-state index contributed by atoms with van der Waals surface area (Å²) < 4.78 is 5.48. The second-order valence-corrected chi connectivity index (χ2v) is 4.57. The van der Waals surface area contributed by atoms with Crippen LogP contribution >= 0.6 is 0 Å². The van der Waals surface area contributed by atoms with Crippen molar-refractivity contribution in [3.8, 4) is 11.5 Å². The van der Waals surface area contributed by atoms with Crippen LogP contribution < -0.4 is 10.1 Å². The maximum Gasteiger partial charge on any atom is 0.180 e. The van der Waals surface area contributed by atoms with E-state index in [9.17, 15) is 5.11 Å². The molecule has 4 heteroatoms. The zero-order valence-electron chi connectivity index (χ0n) is 11.5. The number of pyridine rings is 1. The first-order chi connectivity index (χ1) is 8.54. The Hall–Kier alpha value is -1.55. The number of rotatable bonds is 6. The van der Waals surface area contributed by atoms with E-state index < -0.39 is 0 Å². The average Bonchev–Trinajstić information content (AvgIpc) is 2.33. The van der Waals surface area contributed by atoms with Crippen molar-refractivity contribution in [3.63, 3.8) is 0 Å². The van der Waals surface area contributed by atoms with Gasteiger partial charge in [0.05, 0.1) is 12.3 Å². The molecule has 1 rings (SSSR count). The lowest BCUT2D eigenvalue weighted by atomic mass is 10.1. The summed E-state index contributed by atoms with van der Waals surface area (Å²) in [5, 5.41) is 13.2. The Bertz CT molecular complexity index is 403. The lowest BCUT2D eigenvalue weighted by Gasteiger charge is -2.11. The van der Waals surface area contributed by atoms with Gasteiger partial charge in [-0.3, -0.25) is 4.98 Å². The minimum absolute atomic E-state index is 0.0150.